The summed E-state index contributed by atoms with van der Waals surface area (Å²) in [5.74, 6) is -2.01. The summed E-state index contributed by atoms with van der Waals surface area (Å²) >= 11 is 0. The van der Waals surface area contributed by atoms with Gasteiger partial charge in [-0.15, -0.1) is 0 Å². The largest absolute Gasteiger partial charge is 0.368 e. The van der Waals surface area contributed by atoms with E-state index in [1.807, 2.05) is 66.9 Å². The number of carbonyl (C=O) groups excluding carboxylic acids is 3. The third kappa shape index (κ3) is 6.14. The Balaban J connectivity index is 1.90. The fourth-order valence-electron chi connectivity index (χ4n) is 3.09. The van der Waals surface area contributed by atoms with E-state index in [1.54, 1.807) is 10.8 Å². The average Bonchev–Trinajstić information content (AvgIpc) is 3.15. The van der Waals surface area contributed by atoms with E-state index < -0.39 is 30.8 Å². The summed E-state index contributed by atoms with van der Waals surface area (Å²) in [6, 6.07) is 19.5. The molecular formula is C23H23N5O3. The van der Waals surface area contributed by atoms with Crippen LogP contribution in [0.15, 0.2) is 72.9 Å². The molecule has 1 heterocycles. The van der Waals surface area contributed by atoms with Crippen molar-refractivity contribution in [3.8, 4) is 11.3 Å². The van der Waals surface area contributed by atoms with Crippen molar-refractivity contribution >= 4 is 23.8 Å². The van der Waals surface area contributed by atoms with Crippen molar-refractivity contribution in [3.63, 3.8) is 0 Å². The Labute approximate surface area is 179 Å². The topological polar surface area (TPSA) is 124 Å². The van der Waals surface area contributed by atoms with Crippen LogP contribution in [0.1, 0.15) is 11.1 Å². The van der Waals surface area contributed by atoms with E-state index in [2.05, 4.69) is 5.10 Å². The third-order valence-corrected chi connectivity index (χ3v) is 4.44. The quantitative estimate of drug-likeness (QED) is 0.511. The van der Waals surface area contributed by atoms with Gasteiger partial charge in [0.25, 0.3) is 0 Å². The van der Waals surface area contributed by atoms with E-state index >= 15 is 0 Å². The SMILES string of the molecule is NC(=O)CN(CC(N)=O)C(=O)/C=C/c1cn(Cc2ccccc2)nc1-c1ccccc1. The first-order valence-corrected chi connectivity index (χ1v) is 9.63. The number of nitrogens with two attached hydrogens (primary N) is 2. The van der Waals surface area contributed by atoms with E-state index in [0.717, 1.165) is 16.0 Å². The first kappa shape index (κ1) is 21.5. The Hall–Kier alpha value is -4.20. The number of hydrogen-bond donors (Lipinski definition) is 2. The second-order valence-electron chi connectivity index (χ2n) is 6.94. The first-order valence-electron chi connectivity index (χ1n) is 9.63. The minimum absolute atomic E-state index is 0.398. The predicted molar refractivity (Wildman–Crippen MR) is 117 cm³/mol. The highest BCUT2D eigenvalue weighted by Crippen LogP contribution is 2.23. The van der Waals surface area contributed by atoms with Gasteiger partial charge in [0.05, 0.1) is 12.2 Å². The summed E-state index contributed by atoms with van der Waals surface area (Å²) < 4.78 is 1.80. The Morgan fingerprint density at radius 3 is 2.06 bits per heavy atom. The van der Waals surface area contributed by atoms with Crippen LogP contribution >= 0.6 is 0 Å². The van der Waals surface area contributed by atoms with Gasteiger partial charge in [0, 0.05) is 23.4 Å². The summed E-state index contributed by atoms with van der Waals surface area (Å²) in [4.78, 5) is 36.0. The molecule has 8 heteroatoms. The second kappa shape index (κ2) is 10.0. The molecule has 0 unspecified atom stereocenters. The molecule has 0 spiro atoms. The summed E-state index contributed by atoms with van der Waals surface area (Å²) in [6.45, 7) is -0.228. The van der Waals surface area contributed by atoms with E-state index in [0.29, 0.717) is 17.8 Å². The van der Waals surface area contributed by atoms with E-state index in [-0.39, 0.29) is 0 Å². The Morgan fingerprint density at radius 1 is 0.903 bits per heavy atom. The lowest BCUT2D eigenvalue weighted by atomic mass is 10.1. The van der Waals surface area contributed by atoms with Gasteiger partial charge in [0.2, 0.25) is 17.7 Å². The molecule has 4 N–H and O–H groups in total. The van der Waals surface area contributed by atoms with E-state index in [4.69, 9.17) is 11.5 Å². The smallest absolute Gasteiger partial charge is 0.247 e. The molecule has 3 rings (SSSR count). The van der Waals surface area contributed by atoms with Gasteiger partial charge in [-0.1, -0.05) is 60.7 Å². The Kier molecular flexibility index (Phi) is 6.95. The summed E-state index contributed by atoms with van der Waals surface area (Å²) in [5, 5.41) is 4.69. The van der Waals surface area contributed by atoms with Crippen molar-refractivity contribution in [2.45, 2.75) is 6.54 Å². The van der Waals surface area contributed by atoms with Crippen LogP contribution in [0.4, 0.5) is 0 Å². The van der Waals surface area contributed by atoms with Crippen molar-refractivity contribution in [2.75, 3.05) is 13.1 Å². The molecule has 0 aliphatic carbocycles. The van der Waals surface area contributed by atoms with Crippen LogP contribution in [0.2, 0.25) is 0 Å². The van der Waals surface area contributed by atoms with Crippen LogP contribution < -0.4 is 11.5 Å². The minimum atomic E-state index is -0.733. The van der Waals surface area contributed by atoms with Gasteiger partial charge >= 0.3 is 0 Å². The van der Waals surface area contributed by atoms with Crippen LogP contribution in [0, 0.1) is 0 Å². The maximum Gasteiger partial charge on any atom is 0.247 e. The molecule has 0 bridgehead atoms. The lowest BCUT2D eigenvalue weighted by Gasteiger charge is -2.17. The monoisotopic (exact) mass is 417 g/mol. The van der Waals surface area contributed by atoms with Crippen LogP contribution in [0.3, 0.4) is 0 Å². The van der Waals surface area contributed by atoms with E-state index in [9.17, 15) is 14.4 Å². The highest BCUT2D eigenvalue weighted by atomic mass is 16.2. The van der Waals surface area contributed by atoms with Gasteiger partial charge in [-0.25, -0.2) is 0 Å². The third-order valence-electron chi connectivity index (χ3n) is 4.44. The van der Waals surface area contributed by atoms with Crippen LogP contribution in [0.25, 0.3) is 17.3 Å². The van der Waals surface area contributed by atoms with Crippen LogP contribution in [-0.2, 0) is 20.9 Å². The highest BCUT2D eigenvalue weighted by Gasteiger charge is 2.16. The number of benzene rings is 2. The van der Waals surface area contributed by atoms with Crippen molar-refractivity contribution in [1.29, 1.82) is 0 Å². The molecule has 0 radical (unpaired) electrons. The molecule has 0 saturated heterocycles. The number of amides is 3. The molecule has 31 heavy (non-hydrogen) atoms. The number of carbonyl (C=O) groups is 3. The van der Waals surface area contributed by atoms with E-state index in [1.165, 1.54) is 6.08 Å². The van der Waals surface area contributed by atoms with Gasteiger partial charge in [-0.3, -0.25) is 19.1 Å². The number of rotatable bonds is 9. The molecule has 0 fully saturated rings. The maximum atomic E-state index is 12.5. The molecule has 0 aliphatic heterocycles. The van der Waals surface area contributed by atoms with Crippen molar-refractivity contribution < 1.29 is 14.4 Å². The van der Waals surface area contributed by atoms with Crippen LogP contribution in [-0.4, -0.2) is 45.5 Å². The number of aromatic nitrogens is 2. The van der Waals surface area contributed by atoms with Gasteiger partial charge in [0.15, 0.2) is 0 Å². The molecule has 0 atom stereocenters. The molecule has 158 valence electrons. The fraction of sp³-hybridized carbons (Fsp3) is 0.130. The van der Waals surface area contributed by atoms with Gasteiger partial charge in [-0.2, -0.15) is 5.10 Å². The molecule has 8 nitrogen and oxygen atoms in total. The van der Waals surface area contributed by atoms with Crippen molar-refractivity contribution in [3.05, 3.63) is 84.1 Å². The molecule has 0 aliphatic rings. The summed E-state index contributed by atoms with van der Waals surface area (Å²) in [7, 11) is 0. The van der Waals surface area contributed by atoms with Gasteiger partial charge in [0.1, 0.15) is 13.1 Å². The normalized spacial score (nSPS) is 10.8. The number of hydrogen-bond acceptors (Lipinski definition) is 4. The maximum absolute atomic E-state index is 12.5. The molecular weight excluding hydrogens is 394 g/mol. The van der Waals surface area contributed by atoms with Crippen LogP contribution in [0.5, 0.6) is 0 Å². The standard InChI is InChI=1S/C23H23N5O3/c24-20(29)15-27(16-21(25)30)22(31)12-11-19-14-28(13-17-7-3-1-4-8-17)26-23(19)18-9-5-2-6-10-18/h1-12,14H,13,15-16H2,(H2,24,29)(H2,25,30)/b12-11+. The van der Waals surface area contributed by atoms with Gasteiger partial charge < -0.3 is 16.4 Å². The molecule has 0 saturated carbocycles. The predicted octanol–water partition coefficient (Wildman–Crippen LogP) is 1.41. The zero-order valence-electron chi connectivity index (χ0n) is 16.8. The Bertz CT molecular complexity index is 1070. The minimum Gasteiger partial charge on any atom is -0.368 e. The molecule has 3 amide bonds. The molecule has 1 aromatic heterocycles. The first-order chi connectivity index (χ1) is 14.9. The van der Waals surface area contributed by atoms with Crippen molar-refractivity contribution in [1.82, 2.24) is 14.7 Å². The Morgan fingerprint density at radius 2 is 1.48 bits per heavy atom. The van der Waals surface area contributed by atoms with Crippen molar-refractivity contribution in [2.24, 2.45) is 11.5 Å². The summed E-state index contributed by atoms with van der Waals surface area (Å²) in [6.07, 6.45) is 4.72. The highest BCUT2D eigenvalue weighted by molar-refractivity contribution is 5.97. The lowest BCUT2D eigenvalue weighted by molar-refractivity contribution is -0.134. The average molecular weight is 417 g/mol. The zero-order valence-corrected chi connectivity index (χ0v) is 16.8. The number of primary amides is 2. The second-order valence-corrected chi connectivity index (χ2v) is 6.94. The molecule has 2 aromatic carbocycles. The number of nitrogens with zero attached hydrogens (tertiary/aromatic N) is 3. The lowest BCUT2D eigenvalue weighted by Crippen LogP contribution is -2.42. The van der Waals surface area contributed by atoms with Gasteiger partial charge in [-0.05, 0) is 11.6 Å². The molecule has 3 aromatic rings. The summed E-state index contributed by atoms with van der Waals surface area (Å²) in [5.41, 5.74) is 13.7. The fourth-order valence-corrected chi connectivity index (χ4v) is 3.09. The zero-order chi connectivity index (χ0) is 22.2.